The fraction of sp³-hybridized carbons (Fsp3) is 0.250. The lowest BCUT2D eigenvalue weighted by Gasteiger charge is -2.09. The van der Waals surface area contributed by atoms with Gasteiger partial charge in [0.2, 0.25) is 0 Å². The monoisotopic (exact) mass is 216 g/mol. The molecule has 0 amide bonds. The zero-order valence-corrected chi connectivity index (χ0v) is 8.16. The van der Waals surface area contributed by atoms with E-state index in [0.29, 0.717) is 11.4 Å². The van der Waals surface area contributed by atoms with Gasteiger partial charge in [0, 0.05) is 0 Å². The van der Waals surface area contributed by atoms with Gasteiger partial charge in [-0.15, -0.1) is 0 Å². The van der Waals surface area contributed by atoms with Crippen molar-refractivity contribution in [3.05, 3.63) is 24.3 Å². The van der Waals surface area contributed by atoms with Crippen LogP contribution in [0.5, 0.6) is 5.75 Å². The maximum absolute atomic E-state index is 9.98. The van der Waals surface area contributed by atoms with Crippen LogP contribution in [-0.4, -0.2) is 22.0 Å². The number of anilines is 1. The van der Waals surface area contributed by atoms with E-state index in [1.165, 1.54) is 0 Å². The zero-order valence-electron chi connectivity index (χ0n) is 7.34. The van der Waals surface area contributed by atoms with Crippen LogP contribution in [0.3, 0.4) is 0 Å². The SMILES string of the molecule is Nc1ccccc1OCCOS(=O)[O-]. The largest absolute Gasteiger partial charge is 0.750 e. The molecule has 1 atom stereocenters. The van der Waals surface area contributed by atoms with Crippen molar-refractivity contribution in [3.63, 3.8) is 0 Å². The summed E-state index contributed by atoms with van der Waals surface area (Å²) in [5.74, 6) is 0.521. The first-order valence-electron chi connectivity index (χ1n) is 3.90. The number of hydrogen-bond donors (Lipinski definition) is 1. The molecule has 0 radical (unpaired) electrons. The first kappa shape index (κ1) is 11.0. The molecule has 1 aromatic rings. The molecule has 1 aromatic carbocycles. The molecule has 0 heterocycles. The van der Waals surface area contributed by atoms with Crippen LogP contribution < -0.4 is 10.5 Å². The highest BCUT2D eigenvalue weighted by Gasteiger charge is 1.97. The molecule has 1 rings (SSSR count). The lowest BCUT2D eigenvalue weighted by atomic mass is 10.3. The maximum atomic E-state index is 9.98. The highest BCUT2D eigenvalue weighted by Crippen LogP contribution is 2.19. The van der Waals surface area contributed by atoms with Crippen LogP contribution in [0.1, 0.15) is 0 Å². The van der Waals surface area contributed by atoms with E-state index < -0.39 is 11.4 Å². The van der Waals surface area contributed by atoms with Crippen LogP contribution in [0, 0.1) is 0 Å². The highest BCUT2D eigenvalue weighted by molar-refractivity contribution is 7.74. The van der Waals surface area contributed by atoms with Gasteiger partial charge in [-0.3, -0.25) is 4.18 Å². The van der Waals surface area contributed by atoms with Crippen molar-refractivity contribution in [1.29, 1.82) is 0 Å². The van der Waals surface area contributed by atoms with Gasteiger partial charge in [0.05, 0.1) is 23.7 Å². The van der Waals surface area contributed by atoms with Gasteiger partial charge in [0.15, 0.2) is 0 Å². The van der Waals surface area contributed by atoms with Gasteiger partial charge >= 0.3 is 0 Å². The van der Waals surface area contributed by atoms with E-state index in [9.17, 15) is 8.76 Å². The van der Waals surface area contributed by atoms with Crippen LogP contribution in [0.2, 0.25) is 0 Å². The normalized spacial score (nSPS) is 12.4. The van der Waals surface area contributed by atoms with E-state index in [1.807, 2.05) is 0 Å². The molecule has 0 aliphatic heterocycles. The Hall–Kier alpha value is -1.11. The summed E-state index contributed by atoms with van der Waals surface area (Å²) in [6, 6.07) is 6.95. The van der Waals surface area contributed by atoms with Crippen LogP contribution in [0.15, 0.2) is 24.3 Å². The Morgan fingerprint density at radius 2 is 2.07 bits per heavy atom. The van der Waals surface area contributed by atoms with E-state index >= 15 is 0 Å². The number of para-hydroxylation sites is 2. The number of rotatable bonds is 5. The Kier molecular flexibility index (Phi) is 4.37. The molecule has 0 saturated heterocycles. The molecule has 0 aliphatic carbocycles. The van der Waals surface area contributed by atoms with Crippen molar-refractivity contribution in [2.75, 3.05) is 18.9 Å². The highest BCUT2D eigenvalue weighted by atomic mass is 32.2. The van der Waals surface area contributed by atoms with E-state index in [2.05, 4.69) is 4.18 Å². The van der Waals surface area contributed by atoms with Gasteiger partial charge in [-0.2, -0.15) is 0 Å². The molecule has 0 aromatic heterocycles. The van der Waals surface area contributed by atoms with Crippen LogP contribution >= 0.6 is 0 Å². The first-order chi connectivity index (χ1) is 6.70. The standard InChI is InChI=1S/C8H11NO4S/c9-7-3-1-2-4-8(7)12-5-6-13-14(10)11/h1-4H,5-6,9H2,(H,10,11)/p-1. The molecule has 78 valence electrons. The van der Waals surface area contributed by atoms with Crippen LogP contribution in [0.25, 0.3) is 0 Å². The third kappa shape index (κ3) is 3.73. The molecule has 0 saturated carbocycles. The summed E-state index contributed by atoms with van der Waals surface area (Å²) in [5, 5.41) is 0. The minimum absolute atomic E-state index is 0.0234. The van der Waals surface area contributed by atoms with E-state index in [-0.39, 0.29) is 13.2 Å². The van der Waals surface area contributed by atoms with Gasteiger partial charge in [-0.25, -0.2) is 4.21 Å². The smallest absolute Gasteiger partial charge is 0.142 e. The molecule has 0 bridgehead atoms. The Labute approximate surface area is 84.3 Å². The van der Waals surface area contributed by atoms with Crippen molar-refractivity contribution in [3.8, 4) is 5.75 Å². The Balaban J connectivity index is 2.31. The Morgan fingerprint density at radius 1 is 1.36 bits per heavy atom. The van der Waals surface area contributed by atoms with Gasteiger partial charge in [0.25, 0.3) is 0 Å². The summed E-state index contributed by atoms with van der Waals surface area (Å²) in [6.07, 6.45) is 0. The maximum Gasteiger partial charge on any atom is 0.142 e. The van der Waals surface area contributed by atoms with E-state index in [1.54, 1.807) is 24.3 Å². The summed E-state index contributed by atoms with van der Waals surface area (Å²) >= 11 is -2.49. The predicted octanol–water partition coefficient (Wildman–Crippen LogP) is 0.458. The molecule has 6 heteroatoms. The fourth-order valence-electron chi connectivity index (χ4n) is 0.866. The summed E-state index contributed by atoms with van der Waals surface area (Å²) in [4.78, 5) is 0. The Bertz CT molecular complexity index is 318. The summed E-state index contributed by atoms with van der Waals surface area (Å²) in [5.41, 5.74) is 6.08. The van der Waals surface area contributed by atoms with Crippen molar-refractivity contribution in [1.82, 2.24) is 0 Å². The average molecular weight is 216 g/mol. The topological polar surface area (TPSA) is 84.6 Å². The lowest BCUT2D eigenvalue weighted by Crippen LogP contribution is -2.08. The number of nitrogen functional groups attached to an aromatic ring is 1. The number of ether oxygens (including phenoxy) is 1. The van der Waals surface area contributed by atoms with Gasteiger partial charge in [0.1, 0.15) is 12.4 Å². The predicted molar refractivity (Wildman–Crippen MR) is 51.2 cm³/mol. The number of nitrogens with two attached hydrogens (primary N) is 1. The molecule has 0 aliphatic rings. The molecule has 2 N–H and O–H groups in total. The fourth-order valence-corrected chi connectivity index (χ4v) is 1.07. The van der Waals surface area contributed by atoms with Crippen molar-refractivity contribution in [2.45, 2.75) is 0 Å². The van der Waals surface area contributed by atoms with Crippen molar-refractivity contribution < 1.29 is 17.7 Å². The van der Waals surface area contributed by atoms with Gasteiger partial charge in [-0.05, 0) is 12.1 Å². The van der Waals surface area contributed by atoms with Crippen LogP contribution in [-0.2, 0) is 15.5 Å². The zero-order chi connectivity index (χ0) is 10.4. The summed E-state index contributed by atoms with van der Waals surface area (Å²) in [7, 11) is 0. The molecule has 1 unspecified atom stereocenters. The molecule has 5 nitrogen and oxygen atoms in total. The molecule has 0 spiro atoms. The van der Waals surface area contributed by atoms with E-state index in [4.69, 9.17) is 10.5 Å². The minimum atomic E-state index is -2.49. The summed E-state index contributed by atoms with van der Waals surface area (Å²) < 4.78 is 29.4. The number of hydrogen-bond acceptors (Lipinski definition) is 5. The molecular formula is C8H10NO4S-. The third-order valence-electron chi connectivity index (χ3n) is 1.44. The summed E-state index contributed by atoms with van der Waals surface area (Å²) in [6.45, 7) is 0.118. The second kappa shape index (κ2) is 5.58. The van der Waals surface area contributed by atoms with Crippen LogP contribution in [0.4, 0.5) is 5.69 Å². The second-order valence-corrected chi connectivity index (χ2v) is 3.06. The first-order valence-corrected chi connectivity index (χ1v) is 4.90. The molecular weight excluding hydrogens is 206 g/mol. The quantitative estimate of drug-likeness (QED) is 0.439. The van der Waals surface area contributed by atoms with Crippen molar-refractivity contribution in [2.24, 2.45) is 0 Å². The Morgan fingerprint density at radius 3 is 2.71 bits per heavy atom. The van der Waals surface area contributed by atoms with Gasteiger partial charge < -0.3 is 15.0 Å². The third-order valence-corrected chi connectivity index (χ3v) is 1.80. The number of benzene rings is 1. The van der Waals surface area contributed by atoms with E-state index in [0.717, 1.165) is 0 Å². The lowest BCUT2D eigenvalue weighted by molar-refractivity contribution is 0.216. The average Bonchev–Trinajstić information content (AvgIpc) is 2.15. The minimum Gasteiger partial charge on any atom is -0.750 e. The molecule has 0 fully saturated rings. The van der Waals surface area contributed by atoms with Crippen molar-refractivity contribution >= 4 is 17.0 Å². The molecule has 14 heavy (non-hydrogen) atoms. The van der Waals surface area contributed by atoms with Gasteiger partial charge in [-0.1, -0.05) is 12.1 Å². The second-order valence-electron chi connectivity index (χ2n) is 2.41.